The summed E-state index contributed by atoms with van der Waals surface area (Å²) < 4.78 is 11.2. The van der Waals surface area contributed by atoms with Crippen LogP contribution in [-0.4, -0.2) is 34.5 Å². The maximum absolute atomic E-state index is 12.3. The molecule has 3 N–H and O–H groups in total. The van der Waals surface area contributed by atoms with E-state index >= 15 is 0 Å². The average Bonchev–Trinajstić information content (AvgIpc) is 3.51. The van der Waals surface area contributed by atoms with E-state index in [1.54, 1.807) is 18.8 Å². The Kier molecular flexibility index (Phi) is 4.74. The highest BCUT2D eigenvalue weighted by Crippen LogP contribution is 2.41. The number of benzene rings is 1. The Morgan fingerprint density at radius 2 is 2.19 bits per heavy atom. The van der Waals surface area contributed by atoms with Crippen LogP contribution in [0.1, 0.15) is 12.8 Å². The van der Waals surface area contributed by atoms with Gasteiger partial charge in [-0.25, -0.2) is 0 Å². The van der Waals surface area contributed by atoms with E-state index in [-0.39, 0.29) is 17.7 Å². The molecule has 0 saturated heterocycles. The highest BCUT2D eigenvalue weighted by atomic mass is 127. The highest BCUT2D eigenvalue weighted by Gasteiger charge is 2.36. The summed E-state index contributed by atoms with van der Waals surface area (Å²) in [5.41, 5.74) is 1.44. The number of ether oxygens (including phenoxy) is 1. The van der Waals surface area contributed by atoms with Crippen molar-refractivity contribution in [2.24, 2.45) is 9.12 Å². The topological polar surface area (TPSA) is 91.8 Å². The fraction of sp³-hybridized carbons (Fsp3) is 0.294. The van der Waals surface area contributed by atoms with Crippen molar-refractivity contribution in [3.63, 3.8) is 0 Å². The van der Waals surface area contributed by atoms with Crippen molar-refractivity contribution in [1.82, 2.24) is 10.6 Å². The van der Waals surface area contributed by atoms with Crippen molar-refractivity contribution in [3.8, 4) is 5.75 Å². The average molecular weight is 484 g/mol. The van der Waals surface area contributed by atoms with E-state index in [1.165, 1.54) is 0 Å². The van der Waals surface area contributed by atoms with Gasteiger partial charge in [0.1, 0.15) is 9.21 Å². The van der Waals surface area contributed by atoms with E-state index in [4.69, 9.17) is 4.74 Å². The van der Waals surface area contributed by atoms with Gasteiger partial charge in [-0.1, -0.05) is 6.07 Å². The van der Waals surface area contributed by atoms with E-state index in [0.717, 1.165) is 23.4 Å². The molecule has 0 radical (unpaired) electrons. The van der Waals surface area contributed by atoms with Crippen LogP contribution in [0.5, 0.6) is 5.75 Å². The number of rotatable bonds is 3. The lowest BCUT2D eigenvalue weighted by Gasteiger charge is -2.28. The zero-order valence-corrected chi connectivity index (χ0v) is 17.2. The first-order chi connectivity index (χ1) is 12.6. The molecule has 0 bridgehead atoms. The monoisotopic (exact) mass is 484 g/mol. The van der Waals surface area contributed by atoms with Crippen molar-refractivity contribution in [1.29, 1.82) is 0 Å². The Labute approximate surface area is 165 Å². The van der Waals surface area contributed by atoms with Gasteiger partial charge >= 0.3 is 0 Å². The second kappa shape index (κ2) is 7.03. The third kappa shape index (κ3) is 3.13. The summed E-state index contributed by atoms with van der Waals surface area (Å²) in [6.07, 6.45) is 3.81. The van der Waals surface area contributed by atoms with E-state index in [2.05, 4.69) is 19.2 Å². The molecule has 3 aliphatic rings. The number of halogens is 1. The Hall–Kier alpha value is -1.88. The molecule has 1 aliphatic carbocycles. The number of thioether (sulfide) groups is 1. The van der Waals surface area contributed by atoms with Crippen LogP contribution in [0.2, 0.25) is 0 Å². The molecule has 1 fully saturated rings. The minimum Gasteiger partial charge on any atom is -0.449 e. The van der Waals surface area contributed by atoms with Gasteiger partial charge in [0.15, 0.2) is 17.3 Å². The Bertz CT molecular complexity index is 905. The molecule has 0 spiro atoms. The second-order valence-electron chi connectivity index (χ2n) is 5.94. The molecule has 2 amide bonds. The molecule has 0 aromatic heterocycles. The first-order valence-corrected chi connectivity index (χ1v) is 11.4. The predicted molar refractivity (Wildman–Crippen MR) is 111 cm³/mol. The largest absolute Gasteiger partial charge is 0.449 e. The van der Waals surface area contributed by atoms with Crippen molar-refractivity contribution in [2.75, 3.05) is 18.6 Å². The van der Waals surface area contributed by atoms with Crippen LogP contribution in [0.4, 0.5) is 5.69 Å². The van der Waals surface area contributed by atoms with Crippen molar-refractivity contribution < 1.29 is 14.3 Å². The van der Waals surface area contributed by atoms with E-state index in [1.807, 2.05) is 24.5 Å². The molecular weight excluding hydrogens is 467 g/mol. The molecule has 0 unspecified atom stereocenters. The maximum atomic E-state index is 12.3. The number of amides is 2. The third-order valence-electron chi connectivity index (χ3n) is 4.16. The van der Waals surface area contributed by atoms with E-state index < -0.39 is 21.0 Å². The molecule has 1 aromatic carbocycles. The van der Waals surface area contributed by atoms with Gasteiger partial charge in [0.2, 0.25) is 5.91 Å². The second-order valence-corrected chi connectivity index (χ2v) is 8.83. The van der Waals surface area contributed by atoms with Crippen LogP contribution >= 0.6 is 32.8 Å². The Morgan fingerprint density at radius 3 is 2.88 bits per heavy atom. The predicted octanol–water partition coefficient (Wildman–Crippen LogP) is 2.17. The lowest BCUT2D eigenvalue weighted by atomic mass is 10.1. The standard InChI is InChI=1S/C17H17IN4O3S/c1-19-17(24)11-13-14(15(22-18-11)21-16(23)8-6-7-8)25-9-4-3-5-10(26-2)12(9)20-13/h3-5,8,20H,6-7H2,1-2H3,(H,19,24)(H,21,22,23). The number of hydrogen-bond acceptors (Lipinski definition) is 6. The SMILES string of the molecule is CNC(=O)C1=IN=C(NC(=O)C2CC2)C2=C1Nc1c(cccc1SC)O2. The number of nitrogens with zero attached hydrogens (tertiary/aromatic N) is 1. The number of anilines is 1. The van der Waals surface area contributed by atoms with Crippen LogP contribution in [0.3, 0.4) is 0 Å². The van der Waals surface area contributed by atoms with Gasteiger partial charge in [-0.3, -0.25) is 9.59 Å². The summed E-state index contributed by atoms with van der Waals surface area (Å²) in [4.78, 5) is 25.5. The molecule has 4 rings (SSSR count). The van der Waals surface area contributed by atoms with Crippen LogP contribution < -0.4 is 20.7 Å². The molecule has 0 atom stereocenters. The van der Waals surface area contributed by atoms with Crippen molar-refractivity contribution in [2.45, 2.75) is 17.7 Å². The number of amidine groups is 1. The van der Waals surface area contributed by atoms with Gasteiger partial charge < -0.3 is 20.7 Å². The Balaban J connectivity index is 1.75. The summed E-state index contributed by atoms with van der Waals surface area (Å²) in [5.74, 6) is 1.34. The van der Waals surface area contributed by atoms with Crippen LogP contribution in [0.25, 0.3) is 0 Å². The Morgan fingerprint density at radius 1 is 1.38 bits per heavy atom. The van der Waals surface area contributed by atoms with E-state index in [9.17, 15) is 9.59 Å². The van der Waals surface area contributed by atoms with Gasteiger partial charge in [0, 0.05) is 38.9 Å². The molecule has 1 saturated carbocycles. The van der Waals surface area contributed by atoms with Crippen LogP contribution in [-0.2, 0) is 9.59 Å². The summed E-state index contributed by atoms with van der Waals surface area (Å²) in [5, 5.41) is 8.91. The van der Waals surface area contributed by atoms with Gasteiger partial charge in [-0.15, -0.1) is 11.8 Å². The lowest BCUT2D eigenvalue weighted by Crippen LogP contribution is -2.41. The van der Waals surface area contributed by atoms with Gasteiger partial charge in [0.05, 0.1) is 5.69 Å². The van der Waals surface area contributed by atoms with Gasteiger partial charge in [-0.05, 0) is 31.2 Å². The van der Waals surface area contributed by atoms with E-state index in [0.29, 0.717) is 26.6 Å². The zero-order chi connectivity index (χ0) is 18.3. The molecule has 7 nitrogen and oxygen atoms in total. The molecule has 136 valence electrons. The number of fused-ring (bicyclic) bond motifs is 1. The molecule has 9 heteroatoms. The minimum absolute atomic E-state index is 0.0322. The van der Waals surface area contributed by atoms with Crippen LogP contribution in [0.15, 0.2) is 37.8 Å². The number of hydrogen-bond donors (Lipinski definition) is 3. The molecule has 2 aliphatic heterocycles. The van der Waals surface area contributed by atoms with Crippen molar-refractivity contribution in [3.05, 3.63) is 29.7 Å². The van der Waals surface area contributed by atoms with Gasteiger partial charge in [-0.2, -0.15) is 3.21 Å². The van der Waals surface area contributed by atoms with Crippen LogP contribution in [0, 0.1) is 5.92 Å². The third-order valence-corrected chi connectivity index (χ3v) is 7.17. The number of para-hydroxylation sites is 1. The summed E-state index contributed by atoms with van der Waals surface area (Å²) in [7, 11) is 1.60. The normalized spacial score (nSPS) is 18.1. The number of carbonyl (C=O) groups excluding carboxylic acids is 2. The number of nitrogens with one attached hydrogen (secondary N) is 3. The fourth-order valence-electron chi connectivity index (χ4n) is 2.62. The lowest BCUT2D eigenvalue weighted by molar-refractivity contribution is -0.120. The molecular formula is C17H17IN4O3S. The molecule has 2 heterocycles. The number of carbonyl (C=O) groups is 2. The smallest absolute Gasteiger partial charge is 0.260 e. The van der Waals surface area contributed by atoms with Crippen molar-refractivity contribution >= 4 is 59.6 Å². The summed E-state index contributed by atoms with van der Waals surface area (Å²) >= 11 is 0.646. The van der Waals surface area contributed by atoms with Gasteiger partial charge in [0.25, 0.3) is 5.91 Å². The maximum Gasteiger partial charge on any atom is 0.260 e. The first kappa shape index (κ1) is 17.5. The minimum atomic E-state index is -0.950. The highest BCUT2D eigenvalue weighted by molar-refractivity contribution is 14.2. The molecule has 26 heavy (non-hydrogen) atoms. The fourth-order valence-corrected chi connectivity index (χ4v) is 5.12. The molecule has 1 aromatic rings. The summed E-state index contributed by atoms with van der Waals surface area (Å²) in [6.45, 7) is 0. The quantitative estimate of drug-likeness (QED) is 0.452. The first-order valence-electron chi connectivity index (χ1n) is 8.11. The zero-order valence-electron chi connectivity index (χ0n) is 14.2. The summed E-state index contributed by atoms with van der Waals surface area (Å²) in [6, 6.07) is 5.76.